The zero-order chi connectivity index (χ0) is 12.1. The number of methoxy groups -OCH3 is 2. The van der Waals surface area contributed by atoms with Crippen LogP contribution in [0.25, 0.3) is 0 Å². The molecule has 0 aliphatic carbocycles. The minimum atomic E-state index is -0.582. The van der Waals surface area contributed by atoms with Crippen LogP contribution in [-0.4, -0.2) is 36.8 Å². The van der Waals surface area contributed by atoms with E-state index in [1.54, 1.807) is 0 Å². The van der Waals surface area contributed by atoms with Gasteiger partial charge in [-0.2, -0.15) is 4.40 Å². The van der Waals surface area contributed by atoms with Crippen molar-refractivity contribution in [2.45, 2.75) is 0 Å². The summed E-state index contributed by atoms with van der Waals surface area (Å²) >= 11 is 3.44. The van der Waals surface area contributed by atoms with Crippen molar-refractivity contribution in [3.05, 3.63) is 9.81 Å². The number of hydrogen-bond acceptors (Lipinski definition) is 8. The fourth-order valence-corrected chi connectivity index (χ4v) is 3.30. The molecule has 0 N–H and O–H groups in total. The second kappa shape index (κ2) is 6.21. The van der Waals surface area contributed by atoms with E-state index in [0.29, 0.717) is 4.38 Å². The molecule has 0 saturated carbocycles. The molecule has 1 rings (SSSR count). The van der Waals surface area contributed by atoms with Crippen LogP contribution >= 0.6 is 35.5 Å². The third-order valence-corrected chi connectivity index (χ3v) is 4.74. The van der Waals surface area contributed by atoms with Crippen molar-refractivity contribution in [3.8, 4) is 0 Å². The number of esters is 2. The molecule has 8 heteroatoms. The van der Waals surface area contributed by atoms with Crippen LogP contribution in [0.2, 0.25) is 0 Å². The summed E-state index contributed by atoms with van der Waals surface area (Å²) in [5.41, 5.74) is 0. The zero-order valence-corrected chi connectivity index (χ0v) is 11.3. The van der Waals surface area contributed by atoms with Gasteiger partial charge in [-0.3, -0.25) is 0 Å². The monoisotopic (exact) mass is 279 g/mol. The molecule has 88 valence electrons. The number of ether oxygens (including phenoxy) is 2. The minimum absolute atomic E-state index is 0.164. The fourth-order valence-electron chi connectivity index (χ4n) is 0.805. The third-order valence-electron chi connectivity index (χ3n) is 1.52. The van der Waals surface area contributed by atoms with Crippen molar-refractivity contribution < 1.29 is 19.1 Å². The smallest absolute Gasteiger partial charge is 0.347 e. The highest BCUT2D eigenvalue weighted by atomic mass is 32.2. The highest BCUT2D eigenvalue weighted by Gasteiger charge is 2.28. The topological polar surface area (TPSA) is 65.0 Å². The van der Waals surface area contributed by atoms with Crippen LogP contribution in [0.4, 0.5) is 0 Å². The summed E-state index contributed by atoms with van der Waals surface area (Å²) in [5, 5.41) is 0. The van der Waals surface area contributed by atoms with Gasteiger partial charge in [0.15, 0.2) is 0 Å². The van der Waals surface area contributed by atoms with E-state index in [1.807, 2.05) is 6.26 Å². The van der Waals surface area contributed by atoms with E-state index in [1.165, 1.54) is 26.0 Å². The molecule has 0 aromatic carbocycles. The van der Waals surface area contributed by atoms with Crippen LogP contribution in [0.1, 0.15) is 0 Å². The lowest BCUT2D eigenvalue weighted by molar-refractivity contribution is -0.138. The molecule has 0 aromatic heterocycles. The van der Waals surface area contributed by atoms with E-state index in [9.17, 15) is 9.59 Å². The van der Waals surface area contributed by atoms with Gasteiger partial charge in [0, 0.05) is 11.9 Å². The average molecular weight is 279 g/mol. The van der Waals surface area contributed by atoms with Crippen LogP contribution in [0.15, 0.2) is 14.2 Å². The summed E-state index contributed by atoms with van der Waals surface area (Å²) in [5.74, 6) is -1.14. The van der Waals surface area contributed by atoms with Crippen LogP contribution in [-0.2, 0) is 19.1 Å². The first-order chi connectivity index (χ1) is 7.63. The third kappa shape index (κ3) is 2.96. The molecule has 5 nitrogen and oxygen atoms in total. The molecular formula is C8H9NO4S3. The first-order valence-electron chi connectivity index (χ1n) is 4.01. The van der Waals surface area contributed by atoms with Crippen molar-refractivity contribution in [1.82, 2.24) is 0 Å². The van der Waals surface area contributed by atoms with Gasteiger partial charge in [0.05, 0.1) is 14.2 Å². The van der Waals surface area contributed by atoms with Crippen LogP contribution < -0.4 is 0 Å². The zero-order valence-electron chi connectivity index (χ0n) is 8.80. The fraction of sp³-hybridized carbons (Fsp3) is 0.375. The van der Waals surface area contributed by atoms with Gasteiger partial charge in [0.2, 0.25) is 0 Å². The van der Waals surface area contributed by atoms with Gasteiger partial charge in [-0.15, -0.1) is 11.8 Å². The SMILES string of the molecule is COC(=O)C1=C(C(=O)OC)SC(SC)=NS1. The second-order valence-corrected chi connectivity index (χ2v) is 5.22. The second-order valence-electron chi connectivity index (χ2n) is 2.40. The molecule has 0 radical (unpaired) electrons. The molecule has 0 bridgehead atoms. The Labute approximate surface area is 106 Å². The number of thioether (sulfide) groups is 2. The number of carbonyl (C=O) groups excluding carboxylic acids is 2. The van der Waals surface area contributed by atoms with E-state index in [0.717, 1.165) is 23.7 Å². The Kier molecular flexibility index (Phi) is 5.23. The maximum Gasteiger partial charge on any atom is 0.347 e. The predicted octanol–water partition coefficient (Wildman–Crippen LogP) is 1.66. The molecule has 0 unspecified atom stereocenters. The number of carbonyl (C=O) groups is 2. The molecule has 0 fully saturated rings. The first kappa shape index (κ1) is 13.5. The van der Waals surface area contributed by atoms with E-state index >= 15 is 0 Å². The maximum atomic E-state index is 11.5. The Hall–Kier alpha value is -0.600. The summed E-state index contributed by atoms with van der Waals surface area (Å²) < 4.78 is 13.9. The Balaban J connectivity index is 3.01. The van der Waals surface area contributed by atoms with Gasteiger partial charge in [-0.1, -0.05) is 11.8 Å². The van der Waals surface area contributed by atoms with Gasteiger partial charge in [-0.05, 0) is 6.26 Å². The Morgan fingerprint density at radius 1 is 1.19 bits per heavy atom. The van der Waals surface area contributed by atoms with Crippen molar-refractivity contribution >= 4 is 51.8 Å². The molecule has 0 atom stereocenters. The van der Waals surface area contributed by atoms with Gasteiger partial charge in [-0.25, -0.2) is 9.59 Å². The summed E-state index contributed by atoms with van der Waals surface area (Å²) in [6.45, 7) is 0. The molecule has 0 aromatic rings. The predicted molar refractivity (Wildman–Crippen MR) is 67.2 cm³/mol. The molecule has 0 amide bonds. The van der Waals surface area contributed by atoms with Gasteiger partial charge in [0.25, 0.3) is 0 Å². The van der Waals surface area contributed by atoms with Crippen LogP contribution in [0, 0.1) is 0 Å². The van der Waals surface area contributed by atoms with Crippen molar-refractivity contribution in [3.63, 3.8) is 0 Å². The summed E-state index contributed by atoms with van der Waals surface area (Å²) in [6.07, 6.45) is 1.84. The highest BCUT2D eigenvalue weighted by molar-refractivity contribution is 8.41. The number of nitrogens with zero attached hydrogens (tertiary/aromatic N) is 1. The minimum Gasteiger partial charge on any atom is -0.465 e. The van der Waals surface area contributed by atoms with Gasteiger partial charge < -0.3 is 9.47 Å². The van der Waals surface area contributed by atoms with Gasteiger partial charge >= 0.3 is 11.9 Å². The molecular weight excluding hydrogens is 270 g/mol. The van der Waals surface area contributed by atoms with Crippen molar-refractivity contribution in [2.24, 2.45) is 4.40 Å². The van der Waals surface area contributed by atoms with Crippen LogP contribution in [0.5, 0.6) is 0 Å². The summed E-state index contributed by atoms with van der Waals surface area (Å²) in [6, 6.07) is 0. The highest BCUT2D eigenvalue weighted by Crippen LogP contribution is 2.39. The lowest BCUT2D eigenvalue weighted by Crippen LogP contribution is -2.13. The molecule has 1 aliphatic rings. The summed E-state index contributed by atoms with van der Waals surface area (Å²) in [4.78, 5) is 23.3. The Bertz CT molecular complexity index is 377. The van der Waals surface area contributed by atoms with E-state index in [2.05, 4.69) is 13.9 Å². The lowest BCUT2D eigenvalue weighted by Gasteiger charge is -2.14. The van der Waals surface area contributed by atoms with E-state index < -0.39 is 11.9 Å². The van der Waals surface area contributed by atoms with Crippen molar-refractivity contribution in [1.29, 1.82) is 0 Å². The Morgan fingerprint density at radius 3 is 2.25 bits per heavy atom. The van der Waals surface area contributed by atoms with Gasteiger partial charge in [0.1, 0.15) is 14.2 Å². The maximum absolute atomic E-state index is 11.5. The first-order valence-corrected chi connectivity index (χ1v) is 6.83. The lowest BCUT2D eigenvalue weighted by atomic mass is 10.5. The number of hydrogen-bond donors (Lipinski definition) is 0. The molecule has 16 heavy (non-hydrogen) atoms. The standard InChI is InChI=1S/C8H9NO4S3/c1-12-6(10)4-5(7(11)13-2)16-9-8(14-3)15-4/h1-3H3. The quantitative estimate of drug-likeness (QED) is 0.562. The summed E-state index contributed by atoms with van der Waals surface area (Å²) in [7, 11) is 2.52. The Morgan fingerprint density at radius 2 is 1.75 bits per heavy atom. The van der Waals surface area contributed by atoms with Crippen molar-refractivity contribution in [2.75, 3.05) is 20.5 Å². The van der Waals surface area contributed by atoms with Crippen LogP contribution in [0.3, 0.4) is 0 Å². The van der Waals surface area contributed by atoms with E-state index in [4.69, 9.17) is 0 Å². The average Bonchev–Trinajstić information content (AvgIpc) is 2.36. The largest absolute Gasteiger partial charge is 0.465 e. The van der Waals surface area contributed by atoms with E-state index in [-0.39, 0.29) is 9.81 Å². The molecule has 0 saturated heterocycles. The molecule has 1 aliphatic heterocycles. The normalized spacial score (nSPS) is 15.6. The molecule has 0 spiro atoms. The number of rotatable bonds is 2. The molecule has 1 heterocycles.